The molecule has 1 rings (SSSR count). The highest BCUT2D eigenvalue weighted by Crippen LogP contribution is 2.31. The number of benzene rings is 1. The second-order valence-electron chi connectivity index (χ2n) is 6.83. The van der Waals surface area contributed by atoms with Crippen LogP contribution in [0.15, 0.2) is 16.6 Å². The van der Waals surface area contributed by atoms with Gasteiger partial charge in [-0.3, -0.25) is 0 Å². The van der Waals surface area contributed by atoms with Gasteiger partial charge in [0.25, 0.3) is 0 Å². The van der Waals surface area contributed by atoms with E-state index in [0.29, 0.717) is 0 Å². The molecule has 0 radical (unpaired) electrons. The van der Waals surface area contributed by atoms with Gasteiger partial charge in [0.2, 0.25) is 0 Å². The van der Waals surface area contributed by atoms with Crippen molar-refractivity contribution in [3.63, 3.8) is 0 Å². The van der Waals surface area contributed by atoms with Crippen molar-refractivity contribution in [3.8, 4) is 0 Å². The largest absolute Gasteiger partial charge is 0.305 e. The van der Waals surface area contributed by atoms with Gasteiger partial charge < -0.3 is 9.80 Å². The number of halogens is 1. The van der Waals surface area contributed by atoms with Crippen molar-refractivity contribution >= 4 is 15.9 Å². The minimum atomic E-state index is 0.183. The fourth-order valence-corrected chi connectivity index (χ4v) is 2.57. The molecule has 19 heavy (non-hydrogen) atoms. The van der Waals surface area contributed by atoms with Gasteiger partial charge in [-0.05, 0) is 50.3 Å². The van der Waals surface area contributed by atoms with Crippen LogP contribution in [0.1, 0.15) is 37.5 Å². The van der Waals surface area contributed by atoms with E-state index in [9.17, 15) is 0 Å². The number of hydrogen-bond donors (Lipinski definition) is 0. The first-order valence-electron chi connectivity index (χ1n) is 6.72. The first kappa shape index (κ1) is 16.7. The molecular weight excluding hydrogens is 300 g/mol. The molecule has 1 aromatic carbocycles. The Morgan fingerprint density at radius 1 is 0.895 bits per heavy atom. The van der Waals surface area contributed by atoms with Gasteiger partial charge in [0.05, 0.1) is 0 Å². The second-order valence-corrected chi connectivity index (χ2v) is 7.63. The van der Waals surface area contributed by atoms with Gasteiger partial charge in [0.15, 0.2) is 0 Å². The molecule has 1 aromatic rings. The molecule has 0 unspecified atom stereocenters. The summed E-state index contributed by atoms with van der Waals surface area (Å²) in [6.45, 7) is 8.75. The topological polar surface area (TPSA) is 6.48 Å². The number of nitrogens with zero attached hydrogens (tertiary/aromatic N) is 2. The summed E-state index contributed by atoms with van der Waals surface area (Å²) in [7, 11) is 8.45. The second kappa shape index (κ2) is 6.38. The quantitative estimate of drug-likeness (QED) is 0.828. The van der Waals surface area contributed by atoms with E-state index in [1.165, 1.54) is 21.2 Å². The fourth-order valence-electron chi connectivity index (χ4n) is 2.09. The van der Waals surface area contributed by atoms with Gasteiger partial charge in [0.1, 0.15) is 0 Å². The predicted octanol–water partition coefficient (Wildman–Crippen LogP) is 3.87. The average molecular weight is 327 g/mol. The lowest BCUT2D eigenvalue weighted by Crippen LogP contribution is -2.18. The Kier molecular flexibility index (Phi) is 5.60. The smallest absolute Gasteiger partial charge is 0.0265 e. The van der Waals surface area contributed by atoms with Crippen molar-refractivity contribution in [2.75, 3.05) is 28.2 Å². The molecule has 0 amide bonds. The summed E-state index contributed by atoms with van der Waals surface area (Å²) in [5.74, 6) is 0. The monoisotopic (exact) mass is 326 g/mol. The minimum Gasteiger partial charge on any atom is -0.305 e. The van der Waals surface area contributed by atoms with E-state index in [1.807, 2.05) is 0 Å². The maximum atomic E-state index is 3.79. The fraction of sp³-hybridized carbons (Fsp3) is 0.625. The highest BCUT2D eigenvalue weighted by molar-refractivity contribution is 9.10. The Labute approximate surface area is 126 Å². The Morgan fingerprint density at radius 2 is 1.26 bits per heavy atom. The van der Waals surface area contributed by atoms with Gasteiger partial charge in [-0.1, -0.05) is 48.8 Å². The minimum absolute atomic E-state index is 0.183. The molecule has 0 N–H and O–H groups in total. The van der Waals surface area contributed by atoms with Gasteiger partial charge in [-0.15, -0.1) is 0 Å². The zero-order valence-electron chi connectivity index (χ0n) is 13.3. The van der Waals surface area contributed by atoms with Crippen LogP contribution in [-0.4, -0.2) is 38.0 Å². The molecule has 0 aromatic heterocycles. The molecule has 0 aliphatic carbocycles. The highest BCUT2D eigenvalue weighted by Gasteiger charge is 2.18. The zero-order valence-corrected chi connectivity index (χ0v) is 14.9. The normalized spacial score (nSPS) is 12.5. The van der Waals surface area contributed by atoms with Crippen molar-refractivity contribution in [1.82, 2.24) is 9.80 Å². The molecule has 0 atom stereocenters. The zero-order chi connectivity index (χ0) is 14.8. The SMILES string of the molecule is CN(C)Cc1cc(C(C)(C)C)cc(CN(C)C)c1Br. The highest BCUT2D eigenvalue weighted by atomic mass is 79.9. The Bertz CT molecular complexity index is 400. The van der Waals surface area contributed by atoms with Gasteiger partial charge in [0, 0.05) is 17.6 Å². The summed E-state index contributed by atoms with van der Waals surface area (Å²) >= 11 is 3.79. The molecule has 0 saturated carbocycles. The van der Waals surface area contributed by atoms with Gasteiger partial charge in [-0.25, -0.2) is 0 Å². The van der Waals surface area contributed by atoms with E-state index >= 15 is 0 Å². The molecule has 2 nitrogen and oxygen atoms in total. The van der Waals surface area contributed by atoms with Crippen LogP contribution in [0.25, 0.3) is 0 Å². The van der Waals surface area contributed by atoms with Crippen LogP contribution >= 0.6 is 15.9 Å². The molecular formula is C16H27BrN2. The number of rotatable bonds is 4. The summed E-state index contributed by atoms with van der Waals surface area (Å²) in [6.07, 6.45) is 0. The van der Waals surface area contributed by atoms with E-state index in [0.717, 1.165) is 13.1 Å². The summed E-state index contributed by atoms with van der Waals surface area (Å²) in [6, 6.07) is 4.67. The average Bonchev–Trinajstić information content (AvgIpc) is 2.20. The van der Waals surface area contributed by atoms with Crippen LogP contribution in [0.5, 0.6) is 0 Å². The van der Waals surface area contributed by atoms with E-state index in [1.54, 1.807) is 0 Å². The molecule has 0 bridgehead atoms. The third-order valence-electron chi connectivity index (χ3n) is 3.06. The van der Waals surface area contributed by atoms with Crippen molar-refractivity contribution in [2.24, 2.45) is 0 Å². The lowest BCUT2D eigenvalue weighted by Gasteiger charge is -2.24. The third kappa shape index (κ3) is 4.90. The van der Waals surface area contributed by atoms with Crippen molar-refractivity contribution in [3.05, 3.63) is 33.3 Å². The molecule has 0 saturated heterocycles. The maximum Gasteiger partial charge on any atom is 0.0265 e. The van der Waals surface area contributed by atoms with E-state index in [4.69, 9.17) is 0 Å². The van der Waals surface area contributed by atoms with Crippen LogP contribution < -0.4 is 0 Å². The molecule has 0 fully saturated rings. The lowest BCUT2D eigenvalue weighted by molar-refractivity contribution is 0.392. The van der Waals surface area contributed by atoms with Crippen molar-refractivity contribution < 1.29 is 0 Å². The summed E-state index contributed by atoms with van der Waals surface area (Å²) in [4.78, 5) is 4.43. The standard InChI is InChI=1S/C16H27BrN2/c1-16(2,3)14-8-12(10-18(4)5)15(17)13(9-14)11-19(6)7/h8-9H,10-11H2,1-7H3. The molecule has 0 aliphatic heterocycles. The van der Waals surface area contributed by atoms with Crippen molar-refractivity contribution in [1.29, 1.82) is 0 Å². The lowest BCUT2D eigenvalue weighted by atomic mass is 9.85. The van der Waals surface area contributed by atoms with Crippen LogP contribution in [0.4, 0.5) is 0 Å². The third-order valence-corrected chi connectivity index (χ3v) is 4.08. The Balaban J connectivity index is 3.29. The molecule has 108 valence electrons. The number of hydrogen-bond acceptors (Lipinski definition) is 2. The van der Waals surface area contributed by atoms with E-state index in [2.05, 4.69) is 86.8 Å². The van der Waals surface area contributed by atoms with Crippen molar-refractivity contribution in [2.45, 2.75) is 39.3 Å². The molecule has 0 spiro atoms. The van der Waals surface area contributed by atoms with Crippen LogP contribution in [0, 0.1) is 0 Å². The predicted molar refractivity (Wildman–Crippen MR) is 87.6 cm³/mol. The maximum absolute atomic E-state index is 3.79. The Morgan fingerprint density at radius 3 is 1.53 bits per heavy atom. The van der Waals surface area contributed by atoms with Crippen LogP contribution in [0.3, 0.4) is 0 Å². The van der Waals surface area contributed by atoms with E-state index in [-0.39, 0.29) is 5.41 Å². The first-order valence-corrected chi connectivity index (χ1v) is 7.52. The van der Waals surface area contributed by atoms with E-state index < -0.39 is 0 Å². The summed E-state index contributed by atoms with van der Waals surface area (Å²) in [5, 5.41) is 0. The van der Waals surface area contributed by atoms with Gasteiger partial charge >= 0.3 is 0 Å². The molecule has 0 heterocycles. The molecule has 0 aliphatic rings. The first-order chi connectivity index (χ1) is 8.61. The van der Waals surface area contributed by atoms with Crippen LogP contribution in [-0.2, 0) is 18.5 Å². The van der Waals surface area contributed by atoms with Gasteiger partial charge in [-0.2, -0.15) is 0 Å². The summed E-state index contributed by atoms with van der Waals surface area (Å²) < 4.78 is 1.25. The van der Waals surface area contributed by atoms with Crippen LogP contribution in [0.2, 0.25) is 0 Å². The Hall–Kier alpha value is -0.380. The summed E-state index contributed by atoms with van der Waals surface area (Å²) in [5.41, 5.74) is 4.33. The molecule has 3 heteroatoms.